The number of amides is 1. The average molecular weight is 265 g/mol. The quantitative estimate of drug-likeness (QED) is 0.871. The van der Waals surface area contributed by atoms with Crippen LogP contribution in [0.5, 0.6) is 0 Å². The van der Waals surface area contributed by atoms with Gasteiger partial charge in [-0.1, -0.05) is 42.5 Å². The van der Waals surface area contributed by atoms with Crippen molar-refractivity contribution in [3.63, 3.8) is 0 Å². The van der Waals surface area contributed by atoms with Crippen molar-refractivity contribution < 1.29 is 4.79 Å². The lowest BCUT2D eigenvalue weighted by molar-refractivity contribution is -0.118. The number of hydrogen-bond acceptors (Lipinski definition) is 3. The first-order valence-corrected chi connectivity index (χ1v) is 6.27. The standard InChI is InChI=1S/C16H15N3O/c17-11-10-12-6-8-14(9-7-12)19-15(16(18)20)13-4-2-1-3-5-13/h1-9,15,19H,10H2,(H2,18,20). The van der Waals surface area contributed by atoms with E-state index in [0.717, 1.165) is 16.8 Å². The summed E-state index contributed by atoms with van der Waals surface area (Å²) in [6.45, 7) is 0. The fourth-order valence-electron chi connectivity index (χ4n) is 1.94. The van der Waals surface area contributed by atoms with Gasteiger partial charge >= 0.3 is 0 Å². The SMILES string of the molecule is N#CCc1ccc(NC(C(N)=O)c2ccccc2)cc1. The molecule has 2 rings (SSSR count). The molecule has 2 aromatic rings. The van der Waals surface area contributed by atoms with E-state index in [-0.39, 0.29) is 0 Å². The minimum atomic E-state index is -0.571. The molecule has 0 fully saturated rings. The van der Waals surface area contributed by atoms with Gasteiger partial charge in [0.05, 0.1) is 12.5 Å². The zero-order valence-corrected chi connectivity index (χ0v) is 10.9. The topological polar surface area (TPSA) is 78.9 Å². The number of nitriles is 1. The molecule has 3 N–H and O–H groups in total. The van der Waals surface area contributed by atoms with Gasteiger partial charge in [-0.05, 0) is 23.3 Å². The second-order valence-electron chi connectivity index (χ2n) is 4.42. The molecule has 4 heteroatoms. The molecule has 1 unspecified atom stereocenters. The Hall–Kier alpha value is -2.80. The van der Waals surface area contributed by atoms with Crippen molar-refractivity contribution in [3.05, 3.63) is 65.7 Å². The van der Waals surface area contributed by atoms with Crippen LogP contribution in [0.25, 0.3) is 0 Å². The Labute approximate surface area is 117 Å². The molecule has 20 heavy (non-hydrogen) atoms. The molecule has 1 amide bonds. The summed E-state index contributed by atoms with van der Waals surface area (Å²) in [7, 11) is 0. The number of rotatable bonds is 5. The Morgan fingerprint density at radius 2 is 1.80 bits per heavy atom. The van der Waals surface area contributed by atoms with E-state index >= 15 is 0 Å². The van der Waals surface area contributed by atoms with Gasteiger partial charge in [0.2, 0.25) is 5.91 Å². The van der Waals surface area contributed by atoms with Gasteiger partial charge in [-0.25, -0.2) is 0 Å². The third-order valence-corrected chi connectivity index (χ3v) is 2.97. The summed E-state index contributed by atoms with van der Waals surface area (Å²) >= 11 is 0. The van der Waals surface area contributed by atoms with Crippen LogP contribution in [-0.2, 0) is 11.2 Å². The molecule has 0 saturated carbocycles. The second kappa shape index (κ2) is 6.39. The van der Waals surface area contributed by atoms with Gasteiger partial charge in [0, 0.05) is 5.69 Å². The Bertz CT molecular complexity index is 614. The lowest BCUT2D eigenvalue weighted by atomic mass is 10.1. The number of nitrogens with one attached hydrogen (secondary N) is 1. The van der Waals surface area contributed by atoms with Crippen molar-refractivity contribution >= 4 is 11.6 Å². The van der Waals surface area contributed by atoms with Crippen molar-refractivity contribution in [3.8, 4) is 6.07 Å². The summed E-state index contributed by atoms with van der Waals surface area (Å²) in [6.07, 6.45) is 0.373. The van der Waals surface area contributed by atoms with Gasteiger partial charge in [0.25, 0.3) is 0 Å². The Morgan fingerprint density at radius 3 is 2.35 bits per heavy atom. The van der Waals surface area contributed by atoms with Crippen molar-refractivity contribution in [2.75, 3.05) is 5.32 Å². The molecule has 0 aliphatic heterocycles. The van der Waals surface area contributed by atoms with Crippen molar-refractivity contribution in [2.24, 2.45) is 5.73 Å². The van der Waals surface area contributed by atoms with Gasteiger partial charge in [-0.15, -0.1) is 0 Å². The maximum atomic E-state index is 11.6. The van der Waals surface area contributed by atoms with Gasteiger partial charge in [0.1, 0.15) is 6.04 Å². The van der Waals surface area contributed by atoms with E-state index in [1.54, 1.807) is 0 Å². The van der Waals surface area contributed by atoms with Gasteiger partial charge < -0.3 is 11.1 Å². The molecule has 2 aromatic carbocycles. The van der Waals surface area contributed by atoms with Crippen LogP contribution in [0, 0.1) is 11.3 Å². The van der Waals surface area contributed by atoms with Crippen molar-refractivity contribution in [2.45, 2.75) is 12.5 Å². The molecule has 0 radical (unpaired) electrons. The second-order valence-corrected chi connectivity index (χ2v) is 4.42. The summed E-state index contributed by atoms with van der Waals surface area (Å²) in [5, 5.41) is 11.7. The molecular formula is C16H15N3O. The molecule has 1 atom stereocenters. The predicted molar refractivity (Wildman–Crippen MR) is 77.8 cm³/mol. The summed E-state index contributed by atoms with van der Waals surface area (Å²) < 4.78 is 0. The van der Waals surface area contributed by atoms with Crippen LogP contribution in [0.1, 0.15) is 17.2 Å². The van der Waals surface area contributed by atoms with Crippen molar-refractivity contribution in [1.82, 2.24) is 0 Å². The highest BCUT2D eigenvalue weighted by Gasteiger charge is 2.16. The van der Waals surface area contributed by atoms with E-state index in [9.17, 15) is 4.79 Å². The molecule has 0 heterocycles. The number of nitrogens with zero attached hydrogens (tertiary/aromatic N) is 1. The van der Waals surface area contributed by atoms with Crippen molar-refractivity contribution in [1.29, 1.82) is 5.26 Å². The number of primary amides is 1. The first-order valence-electron chi connectivity index (χ1n) is 6.27. The molecule has 0 aliphatic carbocycles. The fourth-order valence-corrected chi connectivity index (χ4v) is 1.94. The van der Waals surface area contributed by atoms with Gasteiger partial charge in [-0.2, -0.15) is 5.26 Å². The van der Waals surface area contributed by atoms with Gasteiger partial charge in [-0.3, -0.25) is 4.79 Å². The summed E-state index contributed by atoms with van der Waals surface area (Å²) in [5.74, 6) is -0.433. The third kappa shape index (κ3) is 3.36. The predicted octanol–water partition coefficient (Wildman–Crippen LogP) is 2.39. The van der Waals surface area contributed by atoms with Crippen LogP contribution in [0.15, 0.2) is 54.6 Å². The van der Waals surface area contributed by atoms with E-state index in [1.165, 1.54) is 0 Å². The van der Waals surface area contributed by atoms with Crippen LogP contribution in [0.4, 0.5) is 5.69 Å². The highest BCUT2D eigenvalue weighted by molar-refractivity contribution is 5.84. The molecule has 4 nitrogen and oxygen atoms in total. The Morgan fingerprint density at radius 1 is 1.15 bits per heavy atom. The fraction of sp³-hybridized carbons (Fsp3) is 0.125. The Kier molecular flexibility index (Phi) is 4.35. The largest absolute Gasteiger partial charge is 0.370 e. The number of carbonyl (C=O) groups excluding carboxylic acids is 1. The normalized spacial score (nSPS) is 11.3. The average Bonchev–Trinajstić information content (AvgIpc) is 2.47. The van der Waals surface area contributed by atoms with Crippen LogP contribution in [-0.4, -0.2) is 5.91 Å². The van der Waals surface area contributed by atoms with Crippen LogP contribution >= 0.6 is 0 Å². The highest BCUT2D eigenvalue weighted by atomic mass is 16.1. The number of carbonyl (C=O) groups is 1. The molecule has 0 spiro atoms. The van der Waals surface area contributed by atoms with E-state index in [1.807, 2.05) is 54.6 Å². The molecule has 0 aliphatic rings. The monoisotopic (exact) mass is 265 g/mol. The summed E-state index contributed by atoms with van der Waals surface area (Å²) in [4.78, 5) is 11.6. The van der Waals surface area contributed by atoms with E-state index in [4.69, 9.17) is 11.0 Å². The minimum Gasteiger partial charge on any atom is -0.370 e. The number of anilines is 1. The maximum Gasteiger partial charge on any atom is 0.244 e. The van der Waals surface area contributed by atoms with Crippen LogP contribution in [0.2, 0.25) is 0 Å². The van der Waals surface area contributed by atoms with Crippen LogP contribution in [0.3, 0.4) is 0 Å². The minimum absolute atomic E-state index is 0.373. The first-order chi connectivity index (χ1) is 9.70. The molecule has 0 bridgehead atoms. The summed E-state index contributed by atoms with van der Waals surface area (Å²) in [5.41, 5.74) is 8.00. The third-order valence-electron chi connectivity index (χ3n) is 2.97. The zero-order valence-electron chi connectivity index (χ0n) is 10.9. The van der Waals surface area contributed by atoms with E-state index < -0.39 is 11.9 Å². The lowest BCUT2D eigenvalue weighted by Crippen LogP contribution is -2.27. The van der Waals surface area contributed by atoms with E-state index in [0.29, 0.717) is 6.42 Å². The Balaban J connectivity index is 2.17. The molecule has 100 valence electrons. The number of benzene rings is 2. The van der Waals surface area contributed by atoms with Gasteiger partial charge in [0.15, 0.2) is 0 Å². The highest BCUT2D eigenvalue weighted by Crippen LogP contribution is 2.19. The summed E-state index contributed by atoms with van der Waals surface area (Å²) in [6, 6.07) is 18.2. The molecule has 0 aromatic heterocycles. The first kappa shape index (κ1) is 13.6. The number of hydrogen-bond donors (Lipinski definition) is 2. The van der Waals surface area contributed by atoms with E-state index in [2.05, 4.69) is 11.4 Å². The molecule has 0 saturated heterocycles. The smallest absolute Gasteiger partial charge is 0.244 e. The molecular weight excluding hydrogens is 250 g/mol. The lowest BCUT2D eigenvalue weighted by Gasteiger charge is -2.17. The number of nitrogens with two attached hydrogens (primary N) is 1. The van der Waals surface area contributed by atoms with Crippen LogP contribution < -0.4 is 11.1 Å². The maximum absolute atomic E-state index is 11.6. The zero-order chi connectivity index (χ0) is 14.4.